The Kier molecular flexibility index (Phi) is 3.37. The normalized spacial score (nSPS) is 19.0. The summed E-state index contributed by atoms with van der Waals surface area (Å²) in [6, 6.07) is 1.86. The molecule has 5 nitrogen and oxygen atoms in total. The van der Waals surface area contributed by atoms with Gasteiger partial charge in [0, 0.05) is 13.1 Å². The number of rotatable bonds is 2. The number of aromatic nitrogens is 2. The van der Waals surface area contributed by atoms with Gasteiger partial charge >= 0.3 is 0 Å². The quantitative estimate of drug-likeness (QED) is 0.628. The van der Waals surface area contributed by atoms with Crippen molar-refractivity contribution in [3.63, 3.8) is 0 Å². The van der Waals surface area contributed by atoms with Crippen LogP contribution < -0.4 is 0 Å². The van der Waals surface area contributed by atoms with E-state index in [1.165, 1.54) is 19.2 Å². The second-order valence-corrected chi connectivity index (χ2v) is 5.47. The van der Waals surface area contributed by atoms with Crippen molar-refractivity contribution < 1.29 is 14.0 Å². The van der Waals surface area contributed by atoms with Gasteiger partial charge in [0.05, 0.1) is 28.4 Å². The third-order valence-corrected chi connectivity index (χ3v) is 4.12. The number of likely N-dealkylation sites (tertiary alicyclic amines) is 1. The van der Waals surface area contributed by atoms with Crippen LogP contribution in [0.4, 0.5) is 4.39 Å². The third kappa shape index (κ3) is 2.10. The summed E-state index contributed by atoms with van der Waals surface area (Å²) in [5, 5.41) is -0.0742. The number of alkyl halides is 1. The maximum atomic E-state index is 13.5. The predicted molar refractivity (Wildman–Crippen MR) is 75.7 cm³/mol. The summed E-state index contributed by atoms with van der Waals surface area (Å²) in [6.45, 7) is 0. The minimum Gasteiger partial charge on any atom is -0.314 e. The number of halogens is 3. The van der Waals surface area contributed by atoms with Crippen LogP contribution in [0.1, 0.15) is 18.3 Å². The van der Waals surface area contributed by atoms with Crippen molar-refractivity contribution in [1.29, 1.82) is 0 Å². The van der Waals surface area contributed by atoms with E-state index in [0.717, 1.165) is 4.90 Å². The largest absolute Gasteiger partial charge is 0.314 e. The number of benzene rings is 1. The predicted octanol–water partition coefficient (Wildman–Crippen LogP) is 2.50. The number of carbonyl (C=O) groups excluding carboxylic acids is 2. The zero-order valence-electron chi connectivity index (χ0n) is 10.9. The molecule has 21 heavy (non-hydrogen) atoms. The fraction of sp³-hybridized carbons (Fsp3) is 0.308. The van der Waals surface area contributed by atoms with Crippen molar-refractivity contribution in [2.45, 2.75) is 18.3 Å². The highest BCUT2D eigenvalue weighted by atomic mass is 35.5. The van der Waals surface area contributed by atoms with E-state index in [9.17, 15) is 14.0 Å². The monoisotopic (exact) mass is 329 g/mol. The summed E-state index contributed by atoms with van der Waals surface area (Å²) in [5.74, 6) is -0.780. The molecule has 8 heteroatoms. The van der Waals surface area contributed by atoms with E-state index in [-0.39, 0.29) is 29.1 Å². The lowest BCUT2D eigenvalue weighted by molar-refractivity contribution is -0.137. The first-order valence-electron chi connectivity index (χ1n) is 6.16. The van der Waals surface area contributed by atoms with Crippen LogP contribution in [0.15, 0.2) is 12.1 Å². The SMILES string of the molecule is CN1C(=O)CC(n2c(CCl)nc3cc(F)c(Cl)cc32)C1=O. The second-order valence-electron chi connectivity index (χ2n) is 4.80. The van der Waals surface area contributed by atoms with E-state index in [2.05, 4.69) is 4.98 Å². The molecular weight excluding hydrogens is 320 g/mol. The minimum atomic E-state index is -0.720. The highest BCUT2D eigenvalue weighted by molar-refractivity contribution is 6.31. The topological polar surface area (TPSA) is 55.2 Å². The third-order valence-electron chi connectivity index (χ3n) is 3.59. The van der Waals surface area contributed by atoms with Gasteiger partial charge in [0.1, 0.15) is 17.7 Å². The molecule has 1 aliphatic rings. The number of imidazole rings is 1. The molecule has 1 saturated heterocycles. The molecule has 0 saturated carbocycles. The van der Waals surface area contributed by atoms with Gasteiger partial charge in [-0.1, -0.05) is 11.6 Å². The van der Waals surface area contributed by atoms with Crippen LogP contribution in [0.5, 0.6) is 0 Å². The Labute approximate surface area is 129 Å². The Morgan fingerprint density at radius 1 is 1.43 bits per heavy atom. The van der Waals surface area contributed by atoms with Gasteiger partial charge in [0.25, 0.3) is 5.91 Å². The number of fused-ring (bicyclic) bond motifs is 1. The number of nitrogens with zero attached hydrogens (tertiary/aromatic N) is 3. The second kappa shape index (κ2) is 4.96. The maximum Gasteiger partial charge on any atom is 0.252 e. The van der Waals surface area contributed by atoms with Crippen molar-refractivity contribution in [3.05, 3.63) is 28.8 Å². The van der Waals surface area contributed by atoms with E-state index < -0.39 is 11.9 Å². The van der Waals surface area contributed by atoms with E-state index in [1.807, 2.05) is 0 Å². The standard InChI is InChI=1S/C13H10Cl2FN3O2/c1-18-12(20)4-10(13(18)21)19-9-2-6(15)7(16)3-8(9)17-11(19)5-14/h2-3,10H,4-5H2,1H3. The van der Waals surface area contributed by atoms with Gasteiger partial charge in [-0.25, -0.2) is 9.37 Å². The lowest BCUT2D eigenvalue weighted by Gasteiger charge is -2.14. The van der Waals surface area contributed by atoms with Gasteiger partial charge in [-0.3, -0.25) is 14.5 Å². The highest BCUT2D eigenvalue weighted by Crippen LogP contribution is 2.32. The van der Waals surface area contributed by atoms with E-state index in [1.54, 1.807) is 4.57 Å². The molecule has 0 bridgehead atoms. The van der Waals surface area contributed by atoms with Gasteiger partial charge in [0.2, 0.25) is 5.91 Å². The molecule has 0 spiro atoms. The Balaban J connectivity index is 2.24. The average molecular weight is 330 g/mol. The maximum absolute atomic E-state index is 13.5. The van der Waals surface area contributed by atoms with Crippen LogP contribution in [0.3, 0.4) is 0 Å². The Bertz CT molecular complexity index is 774. The zero-order valence-corrected chi connectivity index (χ0v) is 12.5. The van der Waals surface area contributed by atoms with E-state index >= 15 is 0 Å². The Morgan fingerprint density at radius 3 is 2.71 bits per heavy atom. The molecule has 2 aromatic rings. The average Bonchev–Trinajstić information content (AvgIpc) is 2.91. The molecule has 0 radical (unpaired) electrons. The highest BCUT2D eigenvalue weighted by Gasteiger charge is 2.39. The van der Waals surface area contributed by atoms with Crippen LogP contribution in [0.25, 0.3) is 11.0 Å². The lowest BCUT2D eigenvalue weighted by atomic mass is 10.2. The van der Waals surface area contributed by atoms with Gasteiger partial charge in [0.15, 0.2) is 0 Å². The van der Waals surface area contributed by atoms with Crippen molar-refractivity contribution in [3.8, 4) is 0 Å². The fourth-order valence-electron chi connectivity index (χ4n) is 2.52. The Morgan fingerprint density at radius 2 is 2.14 bits per heavy atom. The molecule has 1 unspecified atom stereocenters. The first-order chi connectivity index (χ1) is 9.93. The van der Waals surface area contributed by atoms with Gasteiger partial charge in [-0.05, 0) is 6.07 Å². The van der Waals surface area contributed by atoms with Gasteiger partial charge in [-0.15, -0.1) is 11.6 Å². The summed E-state index contributed by atoms with van der Waals surface area (Å²) < 4.78 is 15.1. The number of likely N-dealkylation sites (N-methyl/N-ethyl adjacent to an activating group) is 1. The summed E-state index contributed by atoms with van der Waals surface area (Å²) in [4.78, 5) is 29.2. The number of hydrogen-bond donors (Lipinski definition) is 0. The van der Waals surface area contributed by atoms with Gasteiger partial charge < -0.3 is 4.57 Å². The molecular formula is C13H10Cl2FN3O2. The van der Waals surface area contributed by atoms with Crippen LogP contribution >= 0.6 is 23.2 Å². The van der Waals surface area contributed by atoms with Crippen molar-refractivity contribution in [1.82, 2.24) is 14.5 Å². The van der Waals surface area contributed by atoms with Crippen molar-refractivity contribution >= 4 is 46.0 Å². The Hall–Kier alpha value is -1.66. The zero-order chi connectivity index (χ0) is 15.3. The molecule has 1 aliphatic heterocycles. The number of imide groups is 1. The number of amides is 2. The number of hydrogen-bond acceptors (Lipinski definition) is 3. The smallest absolute Gasteiger partial charge is 0.252 e. The molecule has 2 amide bonds. The van der Waals surface area contributed by atoms with Crippen LogP contribution in [-0.2, 0) is 15.5 Å². The molecule has 3 rings (SSSR count). The van der Waals surface area contributed by atoms with E-state index in [4.69, 9.17) is 23.2 Å². The van der Waals surface area contributed by atoms with E-state index in [0.29, 0.717) is 16.9 Å². The van der Waals surface area contributed by atoms with Crippen LogP contribution in [0.2, 0.25) is 5.02 Å². The number of carbonyl (C=O) groups is 2. The summed E-state index contributed by atoms with van der Waals surface area (Å²) >= 11 is 11.7. The molecule has 1 aromatic carbocycles. The molecule has 0 aliphatic carbocycles. The fourth-order valence-corrected chi connectivity index (χ4v) is 2.87. The first-order valence-corrected chi connectivity index (χ1v) is 7.07. The molecule has 1 atom stereocenters. The summed E-state index contributed by atoms with van der Waals surface area (Å²) in [5.41, 5.74) is 0.834. The summed E-state index contributed by atoms with van der Waals surface area (Å²) in [6.07, 6.45) is 0.0275. The lowest BCUT2D eigenvalue weighted by Crippen LogP contribution is -2.27. The molecule has 2 heterocycles. The van der Waals surface area contributed by atoms with Crippen molar-refractivity contribution in [2.24, 2.45) is 0 Å². The first kappa shape index (κ1) is 14.3. The van der Waals surface area contributed by atoms with Crippen molar-refractivity contribution in [2.75, 3.05) is 7.05 Å². The molecule has 1 fully saturated rings. The molecule has 1 aromatic heterocycles. The van der Waals surface area contributed by atoms with Crippen LogP contribution in [0, 0.1) is 5.82 Å². The van der Waals surface area contributed by atoms with Crippen LogP contribution in [-0.4, -0.2) is 33.3 Å². The molecule has 110 valence electrons. The molecule has 0 N–H and O–H groups in total. The minimum absolute atomic E-state index is 0.0275. The van der Waals surface area contributed by atoms with Gasteiger partial charge in [-0.2, -0.15) is 0 Å². The summed E-state index contributed by atoms with van der Waals surface area (Å²) in [7, 11) is 1.43.